The fraction of sp³-hybridized carbons (Fsp3) is 0.476. The van der Waals surface area contributed by atoms with Crippen LogP contribution < -0.4 is 0 Å². The smallest absolute Gasteiger partial charge is 0.314 e. The van der Waals surface area contributed by atoms with E-state index >= 15 is 0 Å². The fourth-order valence-corrected chi connectivity index (χ4v) is 4.05. The lowest BCUT2D eigenvalue weighted by atomic mass is 9.73. The van der Waals surface area contributed by atoms with Gasteiger partial charge in [0.2, 0.25) is 0 Å². The molecule has 1 aromatic heterocycles. The standard InChI is InChI=1S/C21H27N3O4/c1-15-17(13-23(2)22-15)19(26)24-12-10-18(25)21(14-24,20(27)28)11-6-9-16-7-4-3-5-8-16/h3-5,7-8,13,18,25H,6,9-12,14H2,1-2H3,(H,27,28)/t18-,21-/m1/s1. The van der Waals surface area contributed by atoms with E-state index in [0.29, 0.717) is 30.6 Å². The predicted molar refractivity (Wildman–Crippen MR) is 104 cm³/mol. The lowest BCUT2D eigenvalue weighted by Gasteiger charge is -2.43. The number of aromatic nitrogens is 2. The van der Waals surface area contributed by atoms with Crippen molar-refractivity contribution in [1.82, 2.24) is 14.7 Å². The number of amides is 1. The van der Waals surface area contributed by atoms with Gasteiger partial charge in [-0.2, -0.15) is 5.10 Å². The summed E-state index contributed by atoms with van der Waals surface area (Å²) in [4.78, 5) is 26.7. The normalized spacial score (nSPS) is 22.2. The fourth-order valence-electron chi connectivity index (χ4n) is 4.05. The minimum absolute atomic E-state index is 0.00541. The maximum Gasteiger partial charge on any atom is 0.314 e. The van der Waals surface area contributed by atoms with Crippen LogP contribution in [0, 0.1) is 12.3 Å². The highest BCUT2D eigenvalue weighted by molar-refractivity contribution is 5.95. The highest BCUT2D eigenvalue weighted by atomic mass is 16.4. The maximum absolute atomic E-state index is 12.9. The lowest BCUT2D eigenvalue weighted by molar-refractivity contribution is -0.162. The first-order valence-electron chi connectivity index (χ1n) is 9.58. The van der Waals surface area contributed by atoms with Crippen LogP contribution in [0.3, 0.4) is 0 Å². The third-order valence-corrected chi connectivity index (χ3v) is 5.67. The topological polar surface area (TPSA) is 95.7 Å². The van der Waals surface area contributed by atoms with Gasteiger partial charge >= 0.3 is 5.97 Å². The number of hydrogen-bond acceptors (Lipinski definition) is 4. The molecule has 0 saturated carbocycles. The molecule has 150 valence electrons. The zero-order valence-corrected chi connectivity index (χ0v) is 16.3. The second kappa shape index (κ2) is 8.14. The number of aliphatic hydroxyl groups excluding tert-OH is 1. The molecule has 0 radical (unpaired) electrons. The number of rotatable bonds is 6. The van der Waals surface area contributed by atoms with Crippen molar-refractivity contribution in [2.75, 3.05) is 13.1 Å². The highest BCUT2D eigenvalue weighted by Crippen LogP contribution is 2.36. The molecule has 7 heteroatoms. The van der Waals surface area contributed by atoms with Crippen LogP contribution in [0.15, 0.2) is 36.5 Å². The molecular formula is C21H27N3O4. The zero-order valence-electron chi connectivity index (χ0n) is 16.3. The zero-order chi connectivity index (χ0) is 20.3. The molecule has 0 bridgehead atoms. The van der Waals surface area contributed by atoms with E-state index in [0.717, 1.165) is 12.0 Å². The van der Waals surface area contributed by atoms with E-state index in [1.54, 1.807) is 29.7 Å². The lowest BCUT2D eigenvalue weighted by Crippen LogP contribution is -2.57. The highest BCUT2D eigenvalue weighted by Gasteiger charge is 2.49. The number of aliphatic hydroxyl groups is 1. The van der Waals surface area contributed by atoms with Gasteiger partial charge in [-0.05, 0) is 38.2 Å². The quantitative estimate of drug-likeness (QED) is 0.793. The number of nitrogens with zero attached hydrogens (tertiary/aromatic N) is 3. The molecule has 1 aliphatic rings. The molecule has 1 aliphatic heterocycles. The van der Waals surface area contributed by atoms with Gasteiger partial charge in [0.25, 0.3) is 5.91 Å². The number of likely N-dealkylation sites (tertiary alicyclic amines) is 1. The molecule has 2 N–H and O–H groups in total. The van der Waals surface area contributed by atoms with Gasteiger partial charge in [-0.15, -0.1) is 0 Å². The summed E-state index contributed by atoms with van der Waals surface area (Å²) in [5.74, 6) is -1.28. The third kappa shape index (κ3) is 3.94. The average molecular weight is 385 g/mol. The van der Waals surface area contributed by atoms with Gasteiger partial charge in [0.05, 0.1) is 17.4 Å². The summed E-state index contributed by atoms with van der Waals surface area (Å²) in [7, 11) is 1.74. The first-order chi connectivity index (χ1) is 13.3. The van der Waals surface area contributed by atoms with Gasteiger partial charge < -0.3 is 15.1 Å². The molecule has 1 fully saturated rings. The van der Waals surface area contributed by atoms with Crippen LogP contribution in [0.25, 0.3) is 0 Å². The van der Waals surface area contributed by atoms with Crippen molar-refractivity contribution in [3.8, 4) is 0 Å². The van der Waals surface area contributed by atoms with E-state index in [-0.39, 0.29) is 18.9 Å². The van der Waals surface area contributed by atoms with Crippen molar-refractivity contribution in [2.24, 2.45) is 12.5 Å². The second-order valence-electron chi connectivity index (χ2n) is 7.63. The number of benzene rings is 1. The first kappa shape index (κ1) is 20.1. The Morgan fingerprint density at radius 3 is 2.61 bits per heavy atom. The van der Waals surface area contributed by atoms with E-state index in [1.165, 1.54) is 0 Å². The van der Waals surface area contributed by atoms with Gasteiger partial charge in [0, 0.05) is 26.3 Å². The molecule has 0 spiro atoms. The number of piperidine rings is 1. The molecule has 1 saturated heterocycles. The summed E-state index contributed by atoms with van der Waals surface area (Å²) in [5, 5.41) is 24.8. The Labute approximate surface area is 164 Å². The van der Waals surface area contributed by atoms with E-state index in [4.69, 9.17) is 0 Å². The summed E-state index contributed by atoms with van der Waals surface area (Å²) in [6, 6.07) is 9.86. The molecule has 3 rings (SSSR count). The average Bonchev–Trinajstić information content (AvgIpc) is 3.01. The molecule has 28 heavy (non-hydrogen) atoms. The first-order valence-corrected chi connectivity index (χ1v) is 9.58. The number of aliphatic carboxylic acids is 1. The van der Waals surface area contributed by atoms with Crippen LogP contribution in [0.4, 0.5) is 0 Å². The summed E-state index contributed by atoms with van der Waals surface area (Å²) in [6.07, 6.45) is 2.61. The van der Waals surface area contributed by atoms with Crippen LogP contribution >= 0.6 is 0 Å². The van der Waals surface area contributed by atoms with Gasteiger partial charge in [-0.3, -0.25) is 14.3 Å². The van der Waals surface area contributed by atoms with Crippen molar-refractivity contribution in [2.45, 2.75) is 38.7 Å². The Morgan fingerprint density at radius 1 is 1.29 bits per heavy atom. The minimum Gasteiger partial charge on any atom is -0.481 e. The van der Waals surface area contributed by atoms with E-state index in [2.05, 4.69) is 5.10 Å². The Hall–Kier alpha value is -2.67. The molecule has 2 aromatic rings. The number of carbonyl (C=O) groups excluding carboxylic acids is 1. The van der Waals surface area contributed by atoms with E-state index in [9.17, 15) is 19.8 Å². The molecular weight excluding hydrogens is 358 g/mol. The van der Waals surface area contributed by atoms with Crippen LogP contribution in [0.5, 0.6) is 0 Å². The Morgan fingerprint density at radius 2 is 2.00 bits per heavy atom. The number of carboxylic acid groups (broad SMARTS) is 1. The number of aryl methyl sites for hydroxylation is 3. The third-order valence-electron chi connectivity index (χ3n) is 5.67. The predicted octanol–water partition coefficient (Wildman–Crippen LogP) is 2.03. The molecule has 1 amide bonds. The molecule has 2 heterocycles. The number of hydrogen-bond donors (Lipinski definition) is 2. The van der Waals surface area contributed by atoms with Crippen molar-refractivity contribution in [3.05, 3.63) is 53.3 Å². The summed E-state index contributed by atoms with van der Waals surface area (Å²) in [6.45, 7) is 2.10. The molecule has 0 unspecified atom stereocenters. The maximum atomic E-state index is 12.9. The summed E-state index contributed by atoms with van der Waals surface area (Å²) in [5.41, 5.74) is 0.872. The van der Waals surface area contributed by atoms with Gasteiger partial charge in [-0.25, -0.2) is 0 Å². The van der Waals surface area contributed by atoms with Crippen molar-refractivity contribution in [1.29, 1.82) is 0 Å². The van der Waals surface area contributed by atoms with E-state index < -0.39 is 17.5 Å². The SMILES string of the molecule is Cc1nn(C)cc1C(=O)N1CC[C@@H](O)[C@](CCCc2ccccc2)(C(=O)O)C1. The van der Waals surface area contributed by atoms with Crippen LogP contribution in [0.1, 0.15) is 40.9 Å². The Kier molecular flexibility index (Phi) is 5.84. The molecule has 0 aliphatic carbocycles. The van der Waals surface area contributed by atoms with Gasteiger partial charge in [0.15, 0.2) is 0 Å². The molecule has 1 aromatic carbocycles. The number of carbonyl (C=O) groups is 2. The van der Waals surface area contributed by atoms with Gasteiger partial charge in [0.1, 0.15) is 5.41 Å². The Bertz CT molecular complexity index is 849. The van der Waals surface area contributed by atoms with Crippen LogP contribution in [-0.4, -0.2) is 56.0 Å². The number of carboxylic acids is 1. The van der Waals surface area contributed by atoms with Crippen molar-refractivity contribution >= 4 is 11.9 Å². The van der Waals surface area contributed by atoms with Gasteiger partial charge in [-0.1, -0.05) is 30.3 Å². The summed E-state index contributed by atoms with van der Waals surface area (Å²) >= 11 is 0. The van der Waals surface area contributed by atoms with Crippen LogP contribution in [-0.2, 0) is 18.3 Å². The second-order valence-corrected chi connectivity index (χ2v) is 7.63. The largest absolute Gasteiger partial charge is 0.481 e. The summed E-state index contributed by atoms with van der Waals surface area (Å²) < 4.78 is 1.58. The Balaban J connectivity index is 1.76. The van der Waals surface area contributed by atoms with Crippen molar-refractivity contribution in [3.63, 3.8) is 0 Å². The monoisotopic (exact) mass is 385 g/mol. The molecule has 2 atom stereocenters. The molecule has 7 nitrogen and oxygen atoms in total. The van der Waals surface area contributed by atoms with E-state index in [1.807, 2.05) is 30.3 Å². The minimum atomic E-state index is -1.35. The van der Waals surface area contributed by atoms with Crippen LogP contribution in [0.2, 0.25) is 0 Å². The van der Waals surface area contributed by atoms with Crippen molar-refractivity contribution < 1.29 is 19.8 Å².